The molecule has 0 spiro atoms. The Morgan fingerprint density at radius 3 is 2.79 bits per heavy atom. The number of aromatic nitrogens is 3. The summed E-state index contributed by atoms with van der Waals surface area (Å²) in [5.41, 5.74) is 0.812. The Bertz CT molecular complexity index is 829. The lowest BCUT2D eigenvalue weighted by atomic mass is 10.2. The highest BCUT2D eigenvalue weighted by molar-refractivity contribution is 5.61. The molecular weight excluding hydrogens is 360 g/mol. The Balaban J connectivity index is 1.67. The van der Waals surface area contributed by atoms with E-state index < -0.39 is 0 Å². The van der Waals surface area contributed by atoms with E-state index in [2.05, 4.69) is 43.9 Å². The standard InChI is InChI=1S/C19H26N6O3/c1-3-24(4-2)18-21-17(20-13-7-8-15-16(10-13)28-12-27-15)22-19(23-18)25-9-5-6-14(25)11-26/h7-8,10,14,26H,3-6,9,11-12H2,1-2H3,(H,20,21,22,23). The van der Waals surface area contributed by atoms with Gasteiger partial charge in [-0.2, -0.15) is 15.0 Å². The van der Waals surface area contributed by atoms with Crippen LogP contribution in [0.5, 0.6) is 11.5 Å². The number of hydrogen-bond acceptors (Lipinski definition) is 9. The number of nitrogens with one attached hydrogen (secondary N) is 1. The third-order valence-corrected chi connectivity index (χ3v) is 5.13. The molecule has 1 aromatic heterocycles. The van der Waals surface area contributed by atoms with Crippen molar-refractivity contribution in [1.29, 1.82) is 0 Å². The first-order chi connectivity index (χ1) is 13.7. The van der Waals surface area contributed by atoms with Gasteiger partial charge in [-0.25, -0.2) is 0 Å². The molecule has 1 saturated heterocycles. The minimum atomic E-state index is 0.0466. The summed E-state index contributed by atoms with van der Waals surface area (Å²) < 4.78 is 10.8. The molecule has 150 valence electrons. The maximum absolute atomic E-state index is 9.70. The van der Waals surface area contributed by atoms with Gasteiger partial charge in [0.1, 0.15) is 0 Å². The second-order valence-corrected chi connectivity index (χ2v) is 6.80. The van der Waals surface area contributed by atoms with Crippen LogP contribution in [0.25, 0.3) is 0 Å². The minimum absolute atomic E-state index is 0.0466. The lowest BCUT2D eigenvalue weighted by molar-refractivity contribution is 0.174. The lowest BCUT2D eigenvalue weighted by Crippen LogP contribution is -2.34. The van der Waals surface area contributed by atoms with E-state index in [0.717, 1.165) is 43.9 Å². The first-order valence-corrected chi connectivity index (χ1v) is 9.77. The number of aliphatic hydroxyl groups is 1. The average molecular weight is 386 g/mol. The van der Waals surface area contributed by atoms with Crippen molar-refractivity contribution >= 4 is 23.5 Å². The van der Waals surface area contributed by atoms with Gasteiger partial charge in [0.25, 0.3) is 0 Å². The summed E-state index contributed by atoms with van der Waals surface area (Å²) in [6.07, 6.45) is 1.95. The molecule has 0 radical (unpaired) electrons. The predicted octanol–water partition coefficient (Wildman–Crippen LogP) is 2.15. The number of ether oxygens (including phenoxy) is 2. The van der Waals surface area contributed by atoms with Crippen molar-refractivity contribution in [2.45, 2.75) is 32.7 Å². The number of benzene rings is 1. The fourth-order valence-corrected chi connectivity index (χ4v) is 3.58. The van der Waals surface area contributed by atoms with Gasteiger partial charge in [-0.3, -0.25) is 0 Å². The Labute approximate surface area is 164 Å². The Hall–Kier alpha value is -2.81. The highest BCUT2D eigenvalue weighted by atomic mass is 16.7. The van der Waals surface area contributed by atoms with Gasteiger partial charge in [0, 0.05) is 31.4 Å². The zero-order valence-electron chi connectivity index (χ0n) is 16.3. The first kappa shape index (κ1) is 18.5. The van der Waals surface area contributed by atoms with Crippen LogP contribution in [-0.2, 0) is 0 Å². The number of aliphatic hydroxyl groups excluding tert-OH is 1. The van der Waals surface area contributed by atoms with Crippen molar-refractivity contribution in [3.63, 3.8) is 0 Å². The lowest BCUT2D eigenvalue weighted by Gasteiger charge is -2.25. The molecule has 3 heterocycles. The van der Waals surface area contributed by atoms with E-state index >= 15 is 0 Å². The van der Waals surface area contributed by atoms with Gasteiger partial charge in [0.15, 0.2) is 11.5 Å². The Morgan fingerprint density at radius 1 is 1.18 bits per heavy atom. The van der Waals surface area contributed by atoms with Crippen LogP contribution >= 0.6 is 0 Å². The second kappa shape index (κ2) is 8.05. The molecule has 1 unspecified atom stereocenters. The summed E-state index contributed by atoms with van der Waals surface area (Å²) >= 11 is 0. The van der Waals surface area contributed by atoms with Gasteiger partial charge < -0.3 is 29.7 Å². The van der Waals surface area contributed by atoms with Crippen LogP contribution in [0.4, 0.5) is 23.5 Å². The summed E-state index contributed by atoms with van der Waals surface area (Å²) in [4.78, 5) is 18.1. The quantitative estimate of drug-likeness (QED) is 0.742. The number of fused-ring (bicyclic) bond motifs is 1. The third-order valence-electron chi connectivity index (χ3n) is 5.13. The Kier molecular flexibility index (Phi) is 5.34. The number of anilines is 4. The summed E-state index contributed by atoms with van der Waals surface area (Å²) in [6.45, 7) is 6.90. The zero-order chi connectivity index (χ0) is 19.5. The van der Waals surface area contributed by atoms with Crippen molar-refractivity contribution < 1.29 is 14.6 Å². The number of nitrogens with zero attached hydrogens (tertiary/aromatic N) is 5. The van der Waals surface area contributed by atoms with Gasteiger partial charge >= 0.3 is 0 Å². The van der Waals surface area contributed by atoms with Crippen LogP contribution in [0.3, 0.4) is 0 Å². The normalized spacial score (nSPS) is 17.8. The average Bonchev–Trinajstić information content (AvgIpc) is 3.37. The maximum Gasteiger partial charge on any atom is 0.233 e. The van der Waals surface area contributed by atoms with E-state index in [9.17, 15) is 5.11 Å². The van der Waals surface area contributed by atoms with Crippen molar-refractivity contribution in [2.75, 3.05) is 48.2 Å². The molecule has 2 N–H and O–H groups in total. The van der Waals surface area contributed by atoms with Gasteiger partial charge in [-0.05, 0) is 38.8 Å². The van der Waals surface area contributed by atoms with Crippen LogP contribution in [0.2, 0.25) is 0 Å². The van der Waals surface area contributed by atoms with Gasteiger partial charge in [0.2, 0.25) is 24.6 Å². The molecule has 0 saturated carbocycles. The van der Waals surface area contributed by atoms with E-state index in [-0.39, 0.29) is 19.4 Å². The molecule has 2 aromatic rings. The van der Waals surface area contributed by atoms with Gasteiger partial charge in [-0.1, -0.05) is 0 Å². The molecule has 1 fully saturated rings. The molecule has 4 rings (SSSR count). The third kappa shape index (κ3) is 3.62. The van der Waals surface area contributed by atoms with Crippen LogP contribution in [-0.4, -0.2) is 59.1 Å². The maximum atomic E-state index is 9.70. The van der Waals surface area contributed by atoms with Crippen molar-refractivity contribution in [3.05, 3.63) is 18.2 Å². The topological polar surface area (TPSA) is 95.9 Å². The van der Waals surface area contributed by atoms with Crippen LogP contribution in [0, 0.1) is 0 Å². The molecule has 9 heteroatoms. The molecule has 1 aromatic carbocycles. The van der Waals surface area contributed by atoms with Crippen molar-refractivity contribution in [1.82, 2.24) is 15.0 Å². The molecule has 1 atom stereocenters. The van der Waals surface area contributed by atoms with Crippen LogP contribution in [0.15, 0.2) is 18.2 Å². The fourth-order valence-electron chi connectivity index (χ4n) is 3.58. The minimum Gasteiger partial charge on any atom is -0.454 e. The monoisotopic (exact) mass is 386 g/mol. The summed E-state index contributed by atoms with van der Waals surface area (Å²) in [5, 5.41) is 13.0. The SMILES string of the molecule is CCN(CC)c1nc(Nc2ccc3c(c2)OCO3)nc(N2CCCC2CO)n1. The number of rotatable bonds is 7. The van der Waals surface area contributed by atoms with E-state index in [4.69, 9.17) is 9.47 Å². The zero-order valence-corrected chi connectivity index (χ0v) is 16.3. The van der Waals surface area contributed by atoms with E-state index in [1.807, 2.05) is 18.2 Å². The van der Waals surface area contributed by atoms with Crippen LogP contribution in [0.1, 0.15) is 26.7 Å². The molecule has 0 aliphatic carbocycles. The Morgan fingerprint density at radius 2 is 2.00 bits per heavy atom. The molecule has 2 aliphatic rings. The summed E-state index contributed by atoms with van der Waals surface area (Å²) in [6, 6.07) is 5.68. The smallest absolute Gasteiger partial charge is 0.233 e. The summed E-state index contributed by atoms with van der Waals surface area (Å²) in [5.74, 6) is 3.12. The van der Waals surface area contributed by atoms with E-state index in [0.29, 0.717) is 23.6 Å². The largest absolute Gasteiger partial charge is 0.454 e. The van der Waals surface area contributed by atoms with Crippen molar-refractivity contribution in [2.24, 2.45) is 0 Å². The van der Waals surface area contributed by atoms with Gasteiger partial charge in [-0.15, -0.1) is 0 Å². The highest BCUT2D eigenvalue weighted by Gasteiger charge is 2.27. The van der Waals surface area contributed by atoms with E-state index in [1.54, 1.807) is 0 Å². The second-order valence-electron chi connectivity index (χ2n) is 6.80. The fraction of sp³-hybridized carbons (Fsp3) is 0.526. The van der Waals surface area contributed by atoms with Gasteiger partial charge in [0.05, 0.1) is 12.6 Å². The van der Waals surface area contributed by atoms with E-state index in [1.165, 1.54) is 0 Å². The molecule has 28 heavy (non-hydrogen) atoms. The molecule has 2 aliphatic heterocycles. The molecule has 0 amide bonds. The predicted molar refractivity (Wildman–Crippen MR) is 107 cm³/mol. The number of hydrogen-bond donors (Lipinski definition) is 2. The summed E-state index contributed by atoms with van der Waals surface area (Å²) in [7, 11) is 0. The molecular formula is C19H26N6O3. The molecule has 9 nitrogen and oxygen atoms in total. The highest BCUT2D eigenvalue weighted by Crippen LogP contribution is 2.35. The first-order valence-electron chi connectivity index (χ1n) is 9.77. The van der Waals surface area contributed by atoms with Crippen molar-refractivity contribution in [3.8, 4) is 11.5 Å². The molecule has 0 bridgehead atoms. The van der Waals surface area contributed by atoms with Crippen LogP contribution < -0.4 is 24.6 Å².